The van der Waals surface area contributed by atoms with E-state index in [-0.39, 0.29) is 11.3 Å². The molecule has 1 aromatic heterocycles. The van der Waals surface area contributed by atoms with E-state index in [9.17, 15) is 5.11 Å². The van der Waals surface area contributed by atoms with E-state index in [1.54, 1.807) is 11.3 Å². The molecule has 3 aromatic rings. The van der Waals surface area contributed by atoms with Gasteiger partial charge in [-0.15, -0.1) is 0 Å². The summed E-state index contributed by atoms with van der Waals surface area (Å²) >= 11 is 14.3. The lowest BCUT2D eigenvalue weighted by Gasteiger charge is -2.49. The zero-order valence-corrected chi connectivity index (χ0v) is 23.6. The van der Waals surface area contributed by atoms with Crippen molar-refractivity contribution >= 4 is 49.9 Å². The fourth-order valence-corrected chi connectivity index (χ4v) is 7.35. The van der Waals surface area contributed by atoms with Gasteiger partial charge in [-0.1, -0.05) is 54.0 Å². The molecule has 1 N–H and O–H groups in total. The summed E-state index contributed by atoms with van der Waals surface area (Å²) in [7, 11) is 0. The third kappa shape index (κ3) is 6.54. The highest BCUT2D eigenvalue weighted by Gasteiger charge is 2.40. The molecule has 0 saturated carbocycles. The van der Waals surface area contributed by atoms with Crippen LogP contribution in [-0.2, 0) is 6.42 Å². The number of aliphatic hydroxyl groups is 1. The van der Waals surface area contributed by atoms with E-state index in [4.69, 9.17) is 32.9 Å². The summed E-state index contributed by atoms with van der Waals surface area (Å²) in [4.78, 5) is 10.1. The molecule has 5 nitrogen and oxygen atoms in total. The number of halogens is 2. The summed E-state index contributed by atoms with van der Waals surface area (Å²) in [5.41, 5.74) is 2.05. The van der Waals surface area contributed by atoms with Gasteiger partial charge in [0.2, 0.25) is 0 Å². The molecule has 5 rings (SSSR count). The predicted molar refractivity (Wildman–Crippen MR) is 156 cm³/mol. The summed E-state index contributed by atoms with van der Waals surface area (Å²) in [6.45, 7) is 8.55. The Balaban J connectivity index is 1.28. The summed E-state index contributed by atoms with van der Waals surface area (Å²) in [6.07, 6.45) is 8.74. The maximum atomic E-state index is 9.59. The number of hydrogen-bond acceptors (Lipinski definition) is 6. The molecule has 37 heavy (non-hydrogen) atoms. The number of nitrogens with zero attached hydrogens (tertiary/aromatic N) is 3. The van der Waals surface area contributed by atoms with Crippen molar-refractivity contribution in [2.24, 2.45) is 0 Å². The second-order valence-corrected chi connectivity index (χ2v) is 12.2. The summed E-state index contributed by atoms with van der Waals surface area (Å²) in [5.74, 6) is 0.872. The minimum atomic E-state index is 0.122. The molecule has 2 saturated heterocycles. The molecule has 0 amide bonds. The van der Waals surface area contributed by atoms with Gasteiger partial charge in [-0.05, 0) is 87.2 Å². The van der Waals surface area contributed by atoms with E-state index in [1.165, 1.54) is 38.8 Å². The smallest absolute Gasteiger partial charge is 0.186 e. The van der Waals surface area contributed by atoms with E-state index in [2.05, 4.69) is 16.4 Å². The van der Waals surface area contributed by atoms with Crippen molar-refractivity contribution < 1.29 is 9.84 Å². The van der Waals surface area contributed by atoms with Gasteiger partial charge in [-0.25, -0.2) is 4.98 Å². The van der Waals surface area contributed by atoms with Crippen LogP contribution in [0, 0.1) is 0 Å². The summed E-state index contributed by atoms with van der Waals surface area (Å²) in [5, 5.41) is 12.1. The van der Waals surface area contributed by atoms with Gasteiger partial charge in [0.05, 0.1) is 22.6 Å². The number of thiazole rings is 1. The van der Waals surface area contributed by atoms with Crippen LogP contribution in [-0.4, -0.2) is 53.3 Å². The number of allylic oxidation sites excluding steroid dienone is 1. The van der Waals surface area contributed by atoms with Crippen molar-refractivity contribution in [3.8, 4) is 5.75 Å². The molecule has 2 aliphatic rings. The molecule has 2 fully saturated rings. The highest BCUT2D eigenvalue weighted by atomic mass is 35.5. The normalized spacial score (nSPS) is 18.6. The van der Waals surface area contributed by atoms with E-state index < -0.39 is 0 Å². The quantitative estimate of drug-likeness (QED) is 0.284. The molecule has 3 heterocycles. The Hall–Kier alpha value is -1.99. The maximum Gasteiger partial charge on any atom is 0.186 e. The standard InChI is InChI=1S/C29H35Cl2N3O2S/c1-21(35)16-22-17-24(31)19-25(18-22)36-15-10-29(34-11-4-2-3-5-12-34)8-13-33(14-9-29)28-32-26-7-6-23(30)20-27(26)37-28/h6-7,17-20,35H,1-5,8-16H2. The van der Waals surface area contributed by atoms with Gasteiger partial charge in [-0.3, -0.25) is 4.90 Å². The largest absolute Gasteiger partial charge is 0.513 e. The molecular weight excluding hydrogens is 525 g/mol. The molecule has 2 aromatic carbocycles. The molecule has 198 valence electrons. The van der Waals surface area contributed by atoms with Gasteiger partial charge in [0.15, 0.2) is 5.13 Å². The SMILES string of the molecule is C=C(O)Cc1cc(Cl)cc(OCCC2(N3CCCCCC3)CCN(c3nc4ccc(Cl)cc4s3)CC2)c1. The van der Waals surface area contributed by atoms with Crippen LogP contribution >= 0.6 is 34.5 Å². The number of fused-ring (bicyclic) bond motifs is 1. The number of ether oxygens (including phenoxy) is 1. The Bertz CT molecular complexity index is 1230. The number of benzene rings is 2. The van der Waals surface area contributed by atoms with Crippen LogP contribution in [0.5, 0.6) is 5.75 Å². The van der Waals surface area contributed by atoms with E-state index >= 15 is 0 Å². The summed E-state index contributed by atoms with van der Waals surface area (Å²) in [6, 6.07) is 11.6. The third-order valence-electron chi connectivity index (χ3n) is 7.76. The van der Waals surface area contributed by atoms with Gasteiger partial charge in [0.25, 0.3) is 0 Å². The Morgan fingerprint density at radius 1 is 1.00 bits per heavy atom. The van der Waals surface area contributed by atoms with Crippen molar-refractivity contribution in [3.05, 3.63) is 64.3 Å². The Kier molecular flexibility index (Phi) is 8.50. The van der Waals surface area contributed by atoms with Crippen LogP contribution in [0.2, 0.25) is 10.0 Å². The minimum Gasteiger partial charge on any atom is -0.513 e. The van der Waals surface area contributed by atoms with Crippen molar-refractivity contribution in [1.29, 1.82) is 0 Å². The Labute approximate surface area is 233 Å². The molecule has 0 spiro atoms. The van der Waals surface area contributed by atoms with Gasteiger partial charge in [0, 0.05) is 35.1 Å². The minimum absolute atomic E-state index is 0.122. The fraction of sp³-hybridized carbons (Fsp3) is 0.483. The first-order valence-electron chi connectivity index (χ1n) is 13.3. The van der Waals surface area contributed by atoms with Crippen LogP contribution in [0.25, 0.3) is 10.2 Å². The van der Waals surface area contributed by atoms with Gasteiger partial charge < -0.3 is 14.7 Å². The number of piperidine rings is 1. The fourth-order valence-electron chi connectivity index (χ4n) is 5.81. The van der Waals surface area contributed by atoms with E-state index in [0.717, 1.165) is 64.0 Å². The van der Waals surface area contributed by atoms with Crippen LogP contribution in [0.4, 0.5) is 5.13 Å². The highest BCUT2D eigenvalue weighted by molar-refractivity contribution is 7.22. The monoisotopic (exact) mass is 559 g/mol. The lowest BCUT2D eigenvalue weighted by molar-refractivity contribution is 0.0439. The molecule has 0 radical (unpaired) electrons. The van der Waals surface area contributed by atoms with Crippen LogP contribution in [0.1, 0.15) is 50.5 Å². The van der Waals surface area contributed by atoms with Gasteiger partial charge in [0.1, 0.15) is 5.75 Å². The molecule has 2 aliphatic heterocycles. The zero-order chi connectivity index (χ0) is 25.8. The Morgan fingerprint density at radius 3 is 2.49 bits per heavy atom. The number of aromatic nitrogens is 1. The number of hydrogen-bond donors (Lipinski definition) is 1. The molecule has 0 unspecified atom stereocenters. The van der Waals surface area contributed by atoms with Crippen LogP contribution in [0.15, 0.2) is 48.7 Å². The molecular formula is C29H35Cl2N3O2S. The van der Waals surface area contributed by atoms with Gasteiger partial charge >= 0.3 is 0 Å². The molecule has 0 bridgehead atoms. The first-order chi connectivity index (χ1) is 17.9. The Morgan fingerprint density at radius 2 is 1.76 bits per heavy atom. The topological polar surface area (TPSA) is 48.8 Å². The molecule has 8 heteroatoms. The number of anilines is 1. The third-order valence-corrected chi connectivity index (χ3v) is 9.29. The van der Waals surface area contributed by atoms with Crippen LogP contribution < -0.4 is 9.64 Å². The number of likely N-dealkylation sites (tertiary alicyclic amines) is 1. The van der Waals surface area contributed by atoms with Crippen molar-refractivity contribution in [2.75, 3.05) is 37.7 Å². The first-order valence-corrected chi connectivity index (χ1v) is 14.8. The zero-order valence-electron chi connectivity index (χ0n) is 21.2. The second-order valence-electron chi connectivity index (χ2n) is 10.4. The van der Waals surface area contributed by atoms with Crippen molar-refractivity contribution in [3.63, 3.8) is 0 Å². The van der Waals surface area contributed by atoms with E-state index in [0.29, 0.717) is 18.1 Å². The predicted octanol–water partition coefficient (Wildman–Crippen LogP) is 7.90. The molecule has 0 aliphatic carbocycles. The highest BCUT2D eigenvalue weighted by Crippen LogP contribution is 2.38. The van der Waals surface area contributed by atoms with Crippen molar-refractivity contribution in [1.82, 2.24) is 9.88 Å². The average molecular weight is 561 g/mol. The van der Waals surface area contributed by atoms with Crippen molar-refractivity contribution in [2.45, 2.75) is 56.9 Å². The maximum absolute atomic E-state index is 9.59. The lowest BCUT2D eigenvalue weighted by Crippen LogP contribution is -2.56. The number of rotatable bonds is 8. The summed E-state index contributed by atoms with van der Waals surface area (Å²) < 4.78 is 7.41. The number of aliphatic hydroxyl groups excluding tert-OH is 1. The second kappa shape index (κ2) is 11.8. The lowest BCUT2D eigenvalue weighted by atomic mass is 9.82. The molecule has 0 atom stereocenters. The van der Waals surface area contributed by atoms with E-state index in [1.807, 2.05) is 36.4 Å². The first kappa shape index (κ1) is 26.6. The average Bonchev–Trinajstić information content (AvgIpc) is 3.07. The van der Waals surface area contributed by atoms with Gasteiger partial charge in [-0.2, -0.15) is 0 Å². The van der Waals surface area contributed by atoms with Crippen LogP contribution in [0.3, 0.4) is 0 Å².